The zero-order valence-corrected chi connectivity index (χ0v) is 16.1. The number of anilines is 2. The summed E-state index contributed by atoms with van der Waals surface area (Å²) in [6.07, 6.45) is 3.30. The summed E-state index contributed by atoms with van der Waals surface area (Å²) in [5, 5.41) is 6.43. The van der Waals surface area contributed by atoms with E-state index in [0.29, 0.717) is 24.4 Å². The smallest absolute Gasteiger partial charge is 0.225 e. The van der Waals surface area contributed by atoms with Crippen LogP contribution in [0.25, 0.3) is 0 Å². The SMILES string of the molecule is CC(C)(C)C(=O)NCCCC(=O)Nc1cc(Cl)ccc1N1CCCC1. The lowest BCUT2D eigenvalue weighted by molar-refractivity contribution is -0.128. The standard InChI is InChI=1S/C19H28ClN3O2/c1-19(2,3)18(25)21-10-6-7-17(24)22-15-13-14(20)8-9-16(15)23-11-4-5-12-23/h8-9,13H,4-7,10-12H2,1-3H3,(H,21,25)(H,22,24). The van der Waals surface area contributed by atoms with Gasteiger partial charge in [-0.25, -0.2) is 0 Å². The van der Waals surface area contributed by atoms with Crippen molar-refractivity contribution in [1.82, 2.24) is 5.32 Å². The van der Waals surface area contributed by atoms with E-state index in [1.54, 1.807) is 6.07 Å². The number of nitrogens with one attached hydrogen (secondary N) is 2. The summed E-state index contributed by atoms with van der Waals surface area (Å²) < 4.78 is 0. The number of nitrogens with zero attached hydrogens (tertiary/aromatic N) is 1. The first-order chi connectivity index (χ1) is 11.8. The number of halogens is 1. The number of amides is 2. The first-order valence-corrected chi connectivity index (χ1v) is 9.28. The van der Waals surface area contributed by atoms with Crippen LogP contribution in [0.4, 0.5) is 11.4 Å². The van der Waals surface area contributed by atoms with Gasteiger partial charge in [0.05, 0.1) is 11.4 Å². The molecule has 0 radical (unpaired) electrons. The highest BCUT2D eigenvalue weighted by atomic mass is 35.5. The van der Waals surface area contributed by atoms with Crippen LogP contribution in [0.3, 0.4) is 0 Å². The highest BCUT2D eigenvalue weighted by molar-refractivity contribution is 6.31. The van der Waals surface area contributed by atoms with Gasteiger partial charge in [0, 0.05) is 36.5 Å². The fourth-order valence-electron chi connectivity index (χ4n) is 2.77. The van der Waals surface area contributed by atoms with Crippen LogP contribution in [0.2, 0.25) is 5.02 Å². The maximum Gasteiger partial charge on any atom is 0.225 e. The van der Waals surface area contributed by atoms with Crippen molar-refractivity contribution in [3.05, 3.63) is 23.2 Å². The second-order valence-corrected chi connectivity index (χ2v) is 7.95. The minimum Gasteiger partial charge on any atom is -0.370 e. The highest BCUT2D eigenvalue weighted by Gasteiger charge is 2.20. The molecule has 2 rings (SSSR count). The van der Waals surface area contributed by atoms with E-state index in [4.69, 9.17) is 11.6 Å². The third kappa shape index (κ3) is 5.92. The predicted molar refractivity (Wildman–Crippen MR) is 103 cm³/mol. The van der Waals surface area contributed by atoms with E-state index < -0.39 is 5.41 Å². The lowest BCUT2D eigenvalue weighted by Gasteiger charge is -2.22. The van der Waals surface area contributed by atoms with Crippen LogP contribution in [0, 0.1) is 5.41 Å². The molecule has 5 nitrogen and oxygen atoms in total. The predicted octanol–water partition coefficient (Wildman–Crippen LogP) is 3.82. The van der Waals surface area contributed by atoms with Crippen LogP contribution in [0.15, 0.2) is 18.2 Å². The fraction of sp³-hybridized carbons (Fsp3) is 0.579. The molecule has 0 atom stereocenters. The van der Waals surface area contributed by atoms with Gasteiger partial charge in [0.1, 0.15) is 0 Å². The molecule has 1 heterocycles. The van der Waals surface area contributed by atoms with Crippen LogP contribution in [-0.4, -0.2) is 31.4 Å². The topological polar surface area (TPSA) is 61.4 Å². The molecule has 0 spiro atoms. The van der Waals surface area contributed by atoms with Crippen molar-refractivity contribution in [2.24, 2.45) is 5.41 Å². The molecule has 0 unspecified atom stereocenters. The van der Waals surface area contributed by atoms with E-state index in [-0.39, 0.29) is 11.8 Å². The second-order valence-electron chi connectivity index (χ2n) is 7.51. The first kappa shape index (κ1) is 19.6. The Morgan fingerprint density at radius 2 is 1.88 bits per heavy atom. The monoisotopic (exact) mass is 365 g/mol. The van der Waals surface area contributed by atoms with E-state index in [1.165, 1.54) is 12.8 Å². The summed E-state index contributed by atoms with van der Waals surface area (Å²) in [5.41, 5.74) is 1.38. The van der Waals surface area contributed by atoms with Crippen LogP contribution < -0.4 is 15.5 Å². The fourth-order valence-corrected chi connectivity index (χ4v) is 2.94. The average molecular weight is 366 g/mol. The Morgan fingerprint density at radius 3 is 2.52 bits per heavy atom. The van der Waals surface area contributed by atoms with Crippen molar-refractivity contribution in [2.45, 2.75) is 46.5 Å². The van der Waals surface area contributed by atoms with Gasteiger partial charge in [-0.15, -0.1) is 0 Å². The number of carbonyl (C=O) groups excluding carboxylic acids is 2. The molecule has 1 aliphatic heterocycles. The maximum absolute atomic E-state index is 12.2. The molecule has 1 saturated heterocycles. The van der Waals surface area contributed by atoms with E-state index in [9.17, 15) is 9.59 Å². The maximum atomic E-state index is 12.2. The van der Waals surface area contributed by atoms with Crippen LogP contribution in [0.1, 0.15) is 46.5 Å². The van der Waals surface area contributed by atoms with Crippen LogP contribution in [0.5, 0.6) is 0 Å². The number of benzene rings is 1. The zero-order chi connectivity index (χ0) is 18.4. The Bertz CT molecular complexity index is 620. The van der Waals surface area contributed by atoms with Crippen molar-refractivity contribution in [1.29, 1.82) is 0 Å². The highest BCUT2D eigenvalue weighted by Crippen LogP contribution is 2.31. The summed E-state index contributed by atoms with van der Waals surface area (Å²) in [6, 6.07) is 5.62. The zero-order valence-electron chi connectivity index (χ0n) is 15.3. The third-order valence-corrected chi connectivity index (χ3v) is 4.46. The average Bonchev–Trinajstić information content (AvgIpc) is 3.04. The number of hydrogen-bond donors (Lipinski definition) is 2. The van der Waals surface area contributed by atoms with Gasteiger partial charge in [-0.3, -0.25) is 9.59 Å². The Labute approximate surface area is 155 Å². The van der Waals surface area contributed by atoms with Crippen LogP contribution >= 0.6 is 11.6 Å². The lowest BCUT2D eigenvalue weighted by atomic mass is 9.96. The number of hydrogen-bond acceptors (Lipinski definition) is 3. The van der Waals surface area contributed by atoms with Gasteiger partial charge in [-0.05, 0) is 37.5 Å². The molecule has 0 saturated carbocycles. The van der Waals surface area contributed by atoms with Crippen molar-refractivity contribution in [3.63, 3.8) is 0 Å². The molecule has 0 aromatic heterocycles. The molecule has 1 aromatic rings. The Balaban J connectivity index is 1.86. The molecule has 25 heavy (non-hydrogen) atoms. The lowest BCUT2D eigenvalue weighted by Crippen LogP contribution is -2.35. The Kier molecular flexibility index (Phi) is 6.71. The van der Waals surface area contributed by atoms with Gasteiger partial charge in [-0.2, -0.15) is 0 Å². The van der Waals surface area contributed by atoms with E-state index in [0.717, 1.165) is 24.5 Å². The number of rotatable bonds is 6. The first-order valence-electron chi connectivity index (χ1n) is 8.90. The van der Waals surface area contributed by atoms with Crippen molar-refractivity contribution >= 4 is 34.8 Å². The summed E-state index contributed by atoms with van der Waals surface area (Å²) in [5.74, 6) is -0.0632. The van der Waals surface area contributed by atoms with Gasteiger partial charge in [0.2, 0.25) is 11.8 Å². The Morgan fingerprint density at radius 1 is 1.20 bits per heavy atom. The summed E-state index contributed by atoms with van der Waals surface area (Å²) in [7, 11) is 0. The van der Waals surface area contributed by atoms with Gasteiger partial charge in [-0.1, -0.05) is 32.4 Å². The molecule has 1 aliphatic rings. The van der Waals surface area contributed by atoms with Crippen molar-refractivity contribution < 1.29 is 9.59 Å². The van der Waals surface area contributed by atoms with Crippen molar-refractivity contribution in [2.75, 3.05) is 29.9 Å². The molecule has 6 heteroatoms. The summed E-state index contributed by atoms with van der Waals surface area (Å²) in [4.78, 5) is 26.3. The Hall–Kier alpha value is -1.75. The quantitative estimate of drug-likeness (QED) is 0.753. The molecule has 138 valence electrons. The summed E-state index contributed by atoms with van der Waals surface area (Å²) >= 11 is 6.09. The molecular formula is C19H28ClN3O2. The van der Waals surface area contributed by atoms with Gasteiger partial charge in [0.25, 0.3) is 0 Å². The van der Waals surface area contributed by atoms with E-state index >= 15 is 0 Å². The second kappa shape index (κ2) is 8.56. The molecule has 0 bridgehead atoms. The largest absolute Gasteiger partial charge is 0.370 e. The molecule has 0 aliphatic carbocycles. The van der Waals surface area contributed by atoms with Gasteiger partial charge < -0.3 is 15.5 Å². The van der Waals surface area contributed by atoms with Crippen LogP contribution in [-0.2, 0) is 9.59 Å². The molecule has 2 N–H and O–H groups in total. The normalized spacial score (nSPS) is 14.5. The third-order valence-electron chi connectivity index (χ3n) is 4.23. The number of carbonyl (C=O) groups is 2. The van der Waals surface area contributed by atoms with Gasteiger partial charge >= 0.3 is 0 Å². The van der Waals surface area contributed by atoms with E-state index in [1.807, 2.05) is 32.9 Å². The molecule has 2 amide bonds. The minimum absolute atomic E-state index is 0.000862. The van der Waals surface area contributed by atoms with Crippen molar-refractivity contribution in [3.8, 4) is 0 Å². The molecule has 1 fully saturated rings. The summed E-state index contributed by atoms with van der Waals surface area (Å²) in [6.45, 7) is 8.11. The van der Waals surface area contributed by atoms with Gasteiger partial charge in [0.15, 0.2) is 0 Å². The molecule has 1 aromatic carbocycles. The minimum atomic E-state index is -0.409. The molecular weight excluding hydrogens is 338 g/mol. The van der Waals surface area contributed by atoms with E-state index in [2.05, 4.69) is 15.5 Å².